The minimum atomic E-state index is -0.563. The van der Waals surface area contributed by atoms with Crippen LogP contribution in [-0.2, 0) is 0 Å². The highest BCUT2D eigenvalue weighted by Gasteiger charge is 2.16. The first-order chi connectivity index (χ1) is 10.0. The molecule has 0 aliphatic carbocycles. The lowest BCUT2D eigenvalue weighted by Gasteiger charge is -2.09. The van der Waals surface area contributed by atoms with Crippen LogP contribution in [0.3, 0.4) is 0 Å². The van der Waals surface area contributed by atoms with Gasteiger partial charge in [0, 0.05) is 0 Å². The van der Waals surface area contributed by atoms with Crippen LogP contribution in [0.2, 0.25) is 5.02 Å². The van der Waals surface area contributed by atoms with E-state index in [9.17, 15) is 10.1 Å². The van der Waals surface area contributed by atoms with Gasteiger partial charge in [0.15, 0.2) is 5.75 Å². The normalized spacial score (nSPS) is 9.76. The van der Waals surface area contributed by atoms with Crippen LogP contribution < -0.4 is 9.47 Å². The molecule has 6 nitrogen and oxygen atoms in total. The Morgan fingerprint density at radius 1 is 1.24 bits per heavy atom. The standard InChI is InChI=1S/C14H9ClN2O4/c1-20-14-5-3-10(7-12(14)17(18)19)21-13-4-2-9(8-16)6-11(13)15/h2-7H,1H3. The lowest BCUT2D eigenvalue weighted by atomic mass is 10.2. The average Bonchev–Trinajstić information content (AvgIpc) is 2.49. The Labute approximate surface area is 125 Å². The van der Waals surface area contributed by atoms with E-state index in [1.165, 1.54) is 37.4 Å². The number of ether oxygens (including phenoxy) is 2. The Kier molecular flexibility index (Phi) is 4.26. The molecular weight excluding hydrogens is 296 g/mol. The number of nitriles is 1. The van der Waals surface area contributed by atoms with E-state index in [1.807, 2.05) is 6.07 Å². The van der Waals surface area contributed by atoms with Gasteiger partial charge in [-0.05, 0) is 30.3 Å². The maximum atomic E-state index is 10.9. The summed E-state index contributed by atoms with van der Waals surface area (Å²) in [6.45, 7) is 0. The third-order valence-electron chi connectivity index (χ3n) is 2.64. The molecule has 2 aromatic carbocycles. The van der Waals surface area contributed by atoms with Crippen molar-refractivity contribution >= 4 is 17.3 Å². The van der Waals surface area contributed by atoms with E-state index in [0.29, 0.717) is 11.3 Å². The van der Waals surface area contributed by atoms with Crippen LogP contribution in [0.15, 0.2) is 36.4 Å². The fraction of sp³-hybridized carbons (Fsp3) is 0.0714. The van der Waals surface area contributed by atoms with Crippen LogP contribution in [0.4, 0.5) is 5.69 Å². The Bertz CT molecular complexity index is 740. The van der Waals surface area contributed by atoms with Crippen molar-refractivity contribution in [1.29, 1.82) is 5.26 Å². The van der Waals surface area contributed by atoms with Gasteiger partial charge in [-0.15, -0.1) is 0 Å². The maximum absolute atomic E-state index is 10.9. The summed E-state index contributed by atoms with van der Waals surface area (Å²) in [6.07, 6.45) is 0. The second-order valence-electron chi connectivity index (χ2n) is 3.95. The van der Waals surface area contributed by atoms with E-state index in [1.54, 1.807) is 6.07 Å². The van der Waals surface area contributed by atoms with Gasteiger partial charge in [-0.3, -0.25) is 10.1 Å². The lowest BCUT2D eigenvalue weighted by molar-refractivity contribution is -0.385. The molecule has 0 N–H and O–H groups in total. The molecule has 2 aromatic rings. The SMILES string of the molecule is COc1ccc(Oc2ccc(C#N)cc2Cl)cc1[N+](=O)[O-]. The topological polar surface area (TPSA) is 85.4 Å². The molecule has 0 aromatic heterocycles. The van der Waals surface area contributed by atoms with Crippen molar-refractivity contribution in [2.75, 3.05) is 7.11 Å². The first-order valence-electron chi connectivity index (χ1n) is 5.75. The van der Waals surface area contributed by atoms with Crippen molar-refractivity contribution in [1.82, 2.24) is 0 Å². The highest BCUT2D eigenvalue weighted by molar-refractivity contribution is 6.32. The van der Waals surface area contributed by atoms with Crippen LogP contribution in [-0.4, -0.2) is 12.0 Å². The zero-order chi connectivity index (χ0) is 15.4. The summed E-state index contributed by atoms with van der Waals surface area (Å²) in [5.74, 6) is 0.683. The molecule has 0 saturated heterocycles. The molecule has 0 unspecified atom stereocenters. The Morgan fingerprint density at radius 2 is 1.95 bits per heavy atom. The van der Waals surface area contributed by atoms with Gasteiger partial charge in [-0.1, -0.05) is 11.6 Å². The molecule has 0 aliphatic heterocycles. The van der Waals surface area contributed by atoms with Crippen LogP contribution >= 0.6 is 11.6 Å². The first-order valence-corrected chi connectivity index (χ1v) is 6.13. The Balaban J connectivity index is 2.34. The number of benzene rings is 2. The molecule has 7 heteroatoms. The number of nitro benzene ring substituents is 1. The number of methoxy groups -OCH3 is 1. The smallest absolute Gasteiger partial charge is 0.314 e. The van der Waals surface area contributed by atoms with Crippen molar-refractivity contribution in [2.45, 2.75) is 0 Å². The van der Waals surface area contributed by atoms with E-state index in [-0.39, 0.29) is 22.2 Å². The van der Waals surface area contributed by atoms with Gasteiger partial charge in [0.25, 0.3) is 0 Å². The molecule has 0 atom stereocenters. The van der Waals surface area contributed by atoms with Gasteiger partial charge >= 0.3 is 5.69 Å². The van der Waals surface area contributed by atoms with Crippen molar-refractivity contribution in [3.63, 3.8) is 0 Å². The lowest BCUT2D eigenvalue weighted by Crippen LogP contribution is -1.94. The second-order valence-corrected chi connectivity index (χ2v) is 4.36. The van der Waals surface area contributed by atoms with Crippen molar-refractivity contribution in [2.24, 2.45) is 0 Å². The summed E-state index contributed by atoms with van der Waals surface area (Å²) in [5, 5.41) is 19.9. The van der Waals surface area contributed by atoms with E-state index < -0.39 is 4.92 Å². The summed E-state index contributed by atoms with van der Waals surface area (Å²) in [5.41, 5.74) is 0.188. The quantitative estimate of drug-likeness (QED) is 0.631. The zero-order valence-corrected chi connectivity index (χ0v) is 11.6. The molecule has 0 aliphatic rings. The molecule has 0 radical (unpaired) electrons. The fourth-order valence-electron chi connectivity index (χ4n) is 1.66. The van der Waals surface area contributed by atoms with Crippen molar-refractivity contribution < 1.29 is 14.4 Å². The Hall–Kier alpha value is -2.78. The van der Waals surface area contributed by atoms with Gasteiger partial charge in [-0.2, -0.15) is 5.26 Å². The molecule has 0 heterocycles. The third-order valence-corrected chi connectivity index (χ3v) is 2.93. The summed E-state index contributed by atoms with van der Waals surface area (Å²) >= 11 is 5.98. The van der Waals surface area contributed by atoms with E-state index in [0.717, 1.165) is 0 Å². The van der Waals surface area contributed by atoms with Gasteiger partial charge in [0.2, 0.25) is 0 Å². The molecule has 0 bridgehead atoms. The second kappa shape index (κ2) is 6.11. The van der Waals surface area contributed by atoms with Gasteiger partial charge < -0.3 is 9.47 Å². The molecule has 21 heavy (non-hydrogen) atoms. The third kappa shape index (κ3) is 3.22. The van der Waals surface area contributed by atoms with Crippen molar-refractivity contribution in [3.05, 3.63) is 57.1 Å². The molecule has 2 rings (SSSR count). The number of hydrogen-bond acceptors (Lipinski definition) is 5. The summed E-state index contributed by atoms with van der Waals surface area (Å²) in [4.78, 5) is 10.4. The van der Waals surface area contributed by atoms with E-state index in [4.69, 9.17) is 26.3 Å². The predicted molar refractivity (Wildman–Crippen MR) is 75.9 cm³/mol. The molecule has 0 amide bonds. The minimum absolute atomic E-state index is 0.137. The average molecular weight is 305 g/mol. The number of nitro groups is 1. The van der Waals surface area contributed by atoms with Crippen LogP contribution in [0.1, 0.15) is 5.56 Å². The van der Waals surface area contributed by atoms with Crippen LogP contribution in [0, 0.1) is 21.4 Å². The monoisotopic (exact) mass is 304 g/mol. The van der Waals surface area contributed by atoms with Gasteiger partial charge in [-0.25, -0.2) is 0 Å². The zero-order valence-electron chi connectivity index (χ0n) is 10.9. The van der Waals surface area contributed by atoms with Crippen molar-refractivity contribution in [3.8, 4) is 23.3 Å². The number of halogens is 1. The van der Waals surface area contributed by atoms with Gasteiger partial charge in [0.05, 0.1) is 34.8 Å². The van der Waals surface area contributed by atoms with Gasteiger partial charge in [0.1, 0.15) is 11.5 Å². The Morgan fingerprint density at radius 3 is 2.52 bits per heavy atom. The minimum Gasteiger partial charge on any atom is -0.490 e. The van der Waals surface area contributed by atoms with Crippen LogP contribution in [0.25, 0.3) is 0 Å². The highest BCUT2D eigenvalue weighted by Crippen LogP contribution is 2.35. The summed E-state index contributed by atoms with van der Waals surface area (Å²) in [7, 11) is 1.35. The summed E-state index contributed by atoms with van der Waals surface area (Å²) < 4.78 is 10.4. The predicted octanol–water partition coefficient (Wildman–Crippen LogP) is 3.92. The number of nitrogens with zero attached hydrogens (tertiary/aromatic N) is 2. The number of rotatable bonds is 4. The highest BCUT2D eigenvalue weighted by atomic mass is 35.5. The maximum Gasteiger partial charge on any atom is 0.314 e. The van der Waals surface area contributed by atoms with E-state index in [2.05, 4.69) is 0 Å². The molecular formula is C14H9ClN2O4. The largest absolute Gasteiger partial charge is 0.490 e. The first kappa shape index (κ1) is 14.6. The number of hydrogen-bond donors (Lipinski definition) is 0. The molecule has 106 valence electrons. The summed E-state index contributed by atoms with van der Waals surface area (Å²) in [6, 6.07) is 10.7. The molecule has 0 spiro atoms. The van der Waals surface area contributed by atoms with E-state index >= 15 is 0 Å². The molecule has 0 fully saturated rings. The molecule has 0 saturated carbocycles. The fourth-order valence-corrected chi connectivity index (χ4v) is 1.88. The van der Waals surface area contributed by atoms with Crippen LogP contribution in [0.5, 0.6) is 17.2 Å².